The Hall–Kier alpha value is -4.26. The van der Waals surface area contributed by atoms with E-state index in [0.29, 0.717) is 29.1 Å². The number of rotatable bonds is 8. The summed E-state index contributed by atoms with van der Waals surface area (Å²) in [6.07, 6.45) is 1.76. The van der Waals surface area contributed by atoms with Crippen molar-refractivity contribution in [2.45, 2.75) is 27.7 Å². The van der Waals surface area contributed by atoms with Crippen molar-refractivity contribution in [3.8, 4) is 16.9 Å². The lowest BCUT2D eigenvalue weighted by Gasteiger charge is -2.24. The maximum absolute atomic E-state index is 14.4. The third-order valence-corrected chi connectivity index (χ3v) is 5.97. The highest BCUT2D eigenvalue weighted by atomic mass is 19.1. The van der Waals surface area contributed by atoms with Gasteiger partial charge in [0.2, 0.25) is 11.9 Å². The van der Waals surface area contributed by atoms with Crippen LogP contribution in [0.5, 0.6) is 0 Å². The summed E-state index contributed by atoms with van der Waals surface area (Å²) < 4.78 is 16.0. The van der Waals surface area contributed by atoms with Gasteiger partial charge in [-0.2, -0.15) is 0 Å². The number of imidazole rings is 1. The van der Waals surface area contributed by atoms with E-state index in [9.17, 15) is 14.0 Å². The van der Waals surface area contributed by atoms with Gasteiger partial charge in [0, 0.05) is 23.9 Å². The van der Waals surface area contributed by atoms with Gasteiger partial charge in [0.15, 0.2) is 0 Å². The number of hydrogen-bond donors (Lipinski definition) is 1. The molecule has 0 radical (unpaired) electrons. The van der Waals surface area contributed by atoms with E-state index in [1.54, 1.807) is 46.9 Å². The topological polar surface area (TPSA) is 67.2 Å². The molecule has 1 aromatic heterocycles. The van der Waals surface area contributed by atoms with Gasteiger partial charge in [0.25, 0.3) is 5.91 Å². The zero-order valence-electron chi connectivity index (χ0n) is 21.5. The second kappa shape index (κ2) is 11.2. The van der Waals surface area contributed by atoms with Crippen LogP contribution in [0.15, 0.2) is 79.0 Å². The molecule has 0 unspecified atom stereocenters. The largest absolute Gasteiger partial charge is 0.329 e. The molecule has 4 rings (SSSR count). The third kappa shape index (κ3) is 6.30. The Morgan fingerprint density at radius 3 is 2.35 bits per heavy atom. The van der Waals surface area contributed by atoms with Crippen molar-refractivity contribution in [1.82, 2.24) is 14.5 Å². The van der Waals surface area contributed by atoms with E-state index < -0.39 is 0 Å². The summed E-state index contributed by atoms with van der Waals surface area (Å²) in [7, 11) is 0. The Labute approximate surface area is 216 Å². The fourth-order valence-corrected chi connectivity index (χ4v) is 4.02. The highest BCUT2D eigenvalue weighted by Gasteiger charge is 2.22. The van der Waals surface area contributed by atoms with Gasteiger partial charge >= 0.3 is 0 Å². The highest BCUT2D eigenvalue weighted by Crippen LogP contribution is 2.25. The first-order chi connectivity index (χ1) is 17.7. The van der Waals surface area contributed by atoms with Crippen molar-refractivity contribution < 1.29 is 14.0 Å². The average molecular weight is 499 g/mol. The average Bonchev–Trinajstić information content (AvgIpc) is 3.29. The second-order valence-corrected chi connectivity index (χ2v) is 9.61. The predicted molar refractivity (Wildman–Crippen MR) is 144 cm³/mol. The maximum Gasteiger partial charge on any atom is 0.254 e. The first-order valence-electron chi connectivity index (χ1n) is 12.3. The van der Waals surface area contributed by atoms with Crippen molar-refractivity contribution in [3.05, 3.63) is 102 Å². The lowest BCUT2D eigenvalue weighted by Crippen LogP contribution is -2.40. The third-order valence-electron chi connectivity index (χ3n) is 5.97. The molecule has 2 amide bonds. The molecule has 7 heteroatoms. The molecule has 0 bridgehead atoms. The molecule has 37 heavy (non-hydrogen) atoms. The lowest BCUT2D eigenvalue weighted by atomic mass is 10.1. The van der Waals surface area contributed by atoms with E-state index in [-0.39, 0.29) is 36.0 Å². The van der Waals surface area contributed by atoms with Crippen LogP contribution in [0, 0.1) is 25.6 Å². The zero-order valence-corrected chi connectivity index (χ0v) is 21.5. The molecule has 0 fully saturated rings. The van der Waals surface area contributed by atoms with Crippen LogP contribution in [0.4, 0.5) is 10.3 Å². The van der Waals surface area contributed by atoms with Crippen LogP contribution in [-0.4, -0.2) is 39.4 Å². The van der Waals surface area contributed by atoms with E-state index in [0.717, 1.165) is 11.1 Å². The van der Waals surface area contributed by atoms with Crippen LogP contribution in [0.2, 0.25) is 0 Å². The SMILES string of the molecule is Cc1ccc(C(=O)N(CC(=O)Nc2nc(-c3ccccc3)cn2-c2ccc(C)c(F)c2)CC(C)C)cc1. The van der Waals surface area contributed by atoms with Crippen molar-refractivity contribution in [2.24, 2.45) is 5.92 Å². The number of benzene rings is 3. The van der Waals surface area contributed by atoms with Gasteiger partial charge in [-0.1, -0.05) is 67.9 Å². The monoisotopic (exact) mass is 498 g/mol. The summed E-state index contributed by atoms with van der Waals surface area (Å²) in [5.74, 6) is -0.529. The number of amides is 2. The quantitative estimate of drug-likeness (QED) is 0.322. The molecule has 6 nitrogen and oxygen atoms in total. The maximum atomic E-state index is 14.4. The van der Waals surface area contributed by atoms with Gasteiger partial charge in [0.05, 0.1) is 11.4 Å². The first-order valence-corrected chi connectivity index (χ1v) is 12.3. The van der Waals surface area contributed by atoms with Gasteiger partial charge < -0.3 is 4.90 Å². The van der Waals surface area contributed by atoms with Crippen LogP contribution >= 0.6 is 0 Å². The Kier molecular flexibility index (Phi) is 7.82. The Balaban J connectivity index is 1.63. The normalized spacial score (nSPS) is 11.0. The number of hydrogen-bond acceptors (Lipinski definition) is 3. The number of nitrogens with zero attached hydrogens (tertiary/aromatic N) is 3. The Morgan fingerprint density at radius 2 is 1.70 bits per heavy atom. The van der Waals surface area contributed by atoms with E-state index in [1.165, 1.54) is 6.07 Å². The summed E-state index contributed by atoms with van der Waals surface area (Å²) in [6, 6.07) is 21.7. The van der Waals surface area contributed by atoms with Gasteiger partial charge in [0.1, 0.15) is 12.4 Å². The van der Waals surface area contributed by atoms with E-state index in [1.807, 2.05) is 63.2 Å². The molecule has 0 saturated heterocycles. The smallest absolute Gasteiger partial charge is 0.254 e. The first kappa shape index (κ1) is 25.8. The number of carbonyl (C=O) groups excluding carboxylic acids is 2. The molecular formula is C30H31FN4O2. The Morgan fingerprint density at radius 1 is 1.00 bits per heavy atom. The van der Waals surface area contributed by atoms with Gasteiger partial charge in [-0.25, -0.2) is 9.37 Å². The molecule has 4 aromatic rings. The molecule has 1 N–H and O–H groups in total. The molecule has 190 valence electrons. The molecular weight excluding hydrogens is 467 g/mol. The zero-order chi connectivity index (χ0) is 26.5. The summed E-state index contributed by atoms with van der Waals surface area (Å²) in [5.41, 5.74) is 4.13. The molecule has 0 aliphatic heterocycles. The molecule has 0 spiro atoms. The van der Waals surface area contributed by atoms with Crippen LogP contribution in [0.3, 0.4) is 0 Å². The van der Waals surface area contributed by atoms with Gasteiger partial charge in [-0.3, -0.25) is 19.5 Å². The molecule has 0 aliphatic carbocycles. The summed E-state index contributed by atoms with van der Waals surface area (Å²) >= 11 is 0. The fourth-order valence-electron chi connectivity index (χ4n) is 4.02. The number of nitrogens with one attached hydrogen (secondary N) is 1. The summed E-state index contributed by atoms with van der Waals surface area (Å²) in [5, 5.41) is 2.85. The van der Waals surface area contributed by atoms with Crippen molar-refractivity contribution in [2.75, 3.05) is 18.4 Å². The minimum absolute atomic E-state index is 0.138. The lowest BCUT2D eigenvalue weighted by molar-refractivity contribution is -0.117. The van der Waals surface area contributed by atoms with Gasteiger partial charge in [-0.05, 0) is 49.6 Å². The van der Waals surface area contributed by atoms with Crippen LogP contribution in [0.25, 0.3) is 16.9 Å². The molecule has 0 atom stereocenters. The number of anilines is 1. The van der Waals surface area contributed by atoms with Gasteiger partial charge in [-0.15, -0.1) is 0 Å². The van der Waals surface area contributed by atoms with Crippen LogP contribution in [-0.2, 0) is 4.79 Å². The van der Waals surface area contributed by atoms with Crippen LogP contribution < -0.4 is 5.32 Å². The number of carbonyl (C=O) groups is 2. The van der Waals surface area contributed by atoms with E-state index in [2.05, 4.69) is 10.3 Å². The minimum atomic E-state index is -0.389. The van der Waals surface area contributed by atoms with E-state index in [4.69, 9.17) is 0 Å². The number of aromatic nitrogens is 2. The summed E-state index contributed by atoms with van der Waals surface area (Å²) in [6.45, 7) is 7.93. The fraction of sp³-hybridized carbons (Fsp3) is 0.233. The molecule has 1 heterocycles. The predicted octanol–water partition coefficient (Wildman–Crippen LogP) is 6.03. The molecule has 3 aromatic carbocycles. The Bertz CT molecular complexity index is 1400. The van der Waals surface area contributed by atoms with E-state index >= 15 is 0 Å². The summed E-state index contributed by atoms with van der Waals surface area (Å²) in [4.78, 5) is 32.6. The number of aryl methyl sites for hydroxylation is 2. The standard InChI is InChI=1S/C30H31FN4O2/c1-20(2)17-34(29(37)24-13-10-21(3)11-14-24)19-28(36)33-30-32-27(23-8-6-5-7-9-23)18-35(30)25-15-12-22(4)26(31)16-25/h5-16,18,20H,17,19H2,1-4H3,(H,32,33,36). The van der Waals surface area contributed by atoms with Crippen molar-refractivity contribution >= 4 is 17.8 Å². The minimum Gasteiger partial charge on any atom is -0.329 e. The molecule has 0 aliphatic rings. The van der Waals surface area contributed by atoms with Crippen molar-refractivity contribution in [3.63, 3.8) is 0 Å². The molecule has 0 saturated carbocycles. The van der Waals surface area contributed by atoms with Crippen molar-refractivity contribution in [1.29, 1.82) is 0 Å². The number of halogens is 1. The second-order valence-electron chi connectivity index (χ2n) is 9.61. The van der Waals surface area contributed by atoms with Crippen LogP contribution in [0.1, 0.15) is 35.3 Å². The highest BCUT2D eigenvalue weighted by molar-refractivity contribution is 5.99.